The van der Waals surface area contributed by atoms with Crippen LogP contribution in [0, 0.1) is 5.41 Å². The monoisotopic (exact) mass is 278 g/mol. The van der Waals surface area contributed by atoms with Gasteiger partial charge < -0.3 is 15.7 Å². The summed E-state index contributed by atoms with van der Waals surface area (Å²) in [5.74, 6) is 0. The van der Waals surface area contributed by atoms with Crippen molar-refractivity contribution in [3.8, 4) is 0 Å². The maximum Gasteiger partial charge on any atom is 0.315 e. The second kappa shape index (κ2) is 6.75. The van der Waals surface area contributed by atoms with Crippen LogP contribution in [-0.2, 0) is 0 Å². The smallest absolute Gasteiger partial charge is 0.315 e. The van der Waals surface area contributed by atoms with Crippen LogP contribution in [0.1, 0.15) is 33.1 Å². The molecule has 1 unspecified atom stereocenters. The van der Waals surface area contributed by atoms with Gasteiger partial charge in [-0.2, -0.15) is 0 Å². The first-order valence-electron chi connectivity index (χ1n) is 7.03. The lowest BCUT2D eigenvalue weighted by Gasteiger charge is -2.36. The zero-order valence-electron chi connectivity index (χ0n) is 12.5. The number of allylic oxidation sites excluding steroid dienone is 2. The summed E-state index contributed by atoms with van der Waals surface area (Å²) in [7, 11) is 0. The zero-order valence-corrected chi connectivity index (χ0v) is 12.5. The molecule has 3 N–H and O–H groups in total. The van der Waals surface area contributed by atoms with Gasteiger partial charge in [-0.25, -0.2) is 4.79 Å². The maximum absolute atomic E-state index is 11.8. The molecule has 0 spiro atoms. The Morgan fingerprint density at radius 3 is 2.50 bits per heavy atom. The van der Waals surface area contributed by atoms with Gasteiger partial charge in [0.15, 0.2) is 0 Å². The Hall–Kier alpha value is -1.55. The van der Waals surface area contributed by atoms with E-state index in [1.165, 1.54) is 0 Å². The highest BCUT2D eigenvalue weighted by Crippen LogP contribution is 2.45. The molecule has 4 heteroatoms. The Kier molecular flexibility index (Phi) is 5.57. The number of carbonyl (C=O) groups is 1. The predicted molar refractivity (Wildman–Crippen MR) is 82.5 cm³/mol. The highest BCUT2D eigenvalue weighted by Gasteiger charge is 2.47. The molecule has 0 aliphatic heterocycles. The van der Waals surface area contributed by atoms with Crippen LogP contribution in [0.5, 0.6) is 0 Å². The molecule has 1 saturated carbocycles. The van der Waals surface area contributed by atoms with Gasteiger partial charge in [0.1, 0.15) is 0 Å². The fourth-order valence-electron chi connectivity index (χ4n) is 2.54. The molecular formula is C16H26N2O2. The number of hydrogen-bond donors (Lipinski definition) is 3. The fraction of sp³-hybridized carbons (Fsp3) is 0.562. The van der Waals surface area contributed by atoms with Crippen LogP contribution in [0.4, 0.5) is 4.79 Å². The van der Waals surface area contributed by atoms with Crippen molar-refractivity contribution in [1.82, 2.24) is 10.6 Å². The van der Waals surface area contributed by atoms with Crippen LogP contribution in [0.25, 0.3) is 0 Å². The topological polar surface area (TPSA) is 61.4 Å². The SMILES string of the molecule is C=C/C=C(\C=C)CNC(=O)NCC1(O)CCCC1(C)C. The number of carbonyl (C=O) groups excluding carboxylic acids is 1. The van der Waals surface area contributed by atoms with E-state index in [4.69, 9.17) is 0 Å². The van der Waals surface area contributed by atoms with Crippen LogP contribution >= 0.6 is 0 Å². The summed E-state index contributed by atoms with van der Waals surface area (Å²) in [6.45, 7) is 12.0. The molecular weight excluding hydrogens is 252 g/mol. The third-order valence-electron chi connectivity index (χ3n) is 4.24. The van der Waals surface area contributed by atoms with E-state index in [0.29, 0.717) is 6.54 Å². The summed E-state index contributed by atoms with van der Waals surface area (Å²) in [4.78, 5) is 11.8. The van der Waals surface area contributed by atoms with E-state index >= 15 is 0 Å². The number of urea groups is 1. The molecule has 1 aliphatic rings. The number of rotatable bonds is 6. The number of nitrogens with one attached hydrogen (secondary N) is 2. The van der Waals surface area contributed by atoms with E-state index in [9.17, 15) is 9.90 Å². The molecule has 1 rings (SSSR count). The lowest BCUT2D eigenvalue weighted by Crippen LogP contribution is -2.51. The molecule has 0 aromatic carbocycles. The molecule has 112 valence electrons. The molecule has 1 fully saturated rings. The van der Waals surface area contributed by atoms with Crippen LogP contribution < -0.4 is 10.6 Å². The highest BCUT2D eigenvalue weighted by molar-refractivity contribution is 5.74. The molecule has 4 nitrogen and oxygen atoms in total. The van der Waals surface area contributed by atoms with Gasteiger partial charge in [0, 0.05) is 13.1 Å². The number of aliphatic hydroxyl groups is 1. The average Bonchev–Trinajstić information content (AvgIpc) is 2.66. The summed E-state index contributed by atoms with van der Waals surface area (Å²) in [6.07, 6.45) is 7.83. The van der Waals surface area contributed by atoms with Gasteiger partial charge in [-0.05, 0) is 30.3 Å². The fourth-order valence-corrected chi connectivity index (χ4v) is 2.54. The molecule has 1 atom stereocenters. The van der Waals surface area contributed by atoms with Crippen LogP contribution in [0.3, 0.4) is 0 Å². The summed E-state index contributed by atoms with van der Waals surface area (Å²) < 4.78 is 0. The van der Waals surface area contributed by atoms with Crippen molar-refractivity contribution in [3.05, 3.63) is 37.0 Å². The van der Waals surface area contributed by atoms with Crippen molar-refractivity contribution in [1.29, 1.82) is 0 Å². The zero-order chi connectivity index (χ0) is 15.2. The van der Waals surface area contributed by atoms with Crippen molar-refractivity contribution in [2.45, 2.75) is 38.7 Å². The second-order valence-corrected chi connectivity index (χ2v) is 5.99. The molecule has 2 amide bonds. The van der Waals surface area contributed by atoms with Crippen LogP contribution in [-0.4, -0.2) is 29.8 Å². The highest BCUT2D eigenvalue weighted by atomic mass is 16.3. The Labute approximate surface area is 121 Å². The largest absolute Gasteiger partial charge is 0.387 e. The maximum atomic E-state index is 11.8. The van der Waals surface area contributed by atoms with Gasteiger partial charge in [0.2, 0.25) is 0 Å². The normalized spacial score (nSPS) is 25.1. The number of hydrogen-bond acceptors (Lipinski definition) is 2. The van der Waals surface area contributed by atoms with Crippen LogP contribution in [0.15, 0.2) is 37.0 Å². The van der Waals surface area contributed by atoms with Gasteiger partial charge in [-0.3, -0.25) is 0 Å². The minimum atomic E-state index is -0.817. The second-order valence-electron chi connectivity index (χ2n) is 5.99. The van der Waals surface area contributed by atoms with E-state index in [-0.39, 0.29) is 18.0 Å². The van der Waals surface area contributed by atoms with E-state index < -0.39 is 5.60 Å². The average molecular weight is 278 g/mol. The van der Waals surface area contributed by atoms with E-state index in [0.717, 1.165) is 24.8 Å². The Morgan fingerprint density at radius 1 is 1.30 bits per heavy atom. The summed E-state index contributed by atoms with van der Waals surface area (Å²) in [5, 5.41) is 16.1. The Morgan fingerprint density at radius 2 is 2.00 bits per heavy atom. The van der Waals surface area contributed by atoms with Crippen molar-refractivity contribution < 1.29 is 9.90 Å². The lowest BCUT2D eigenvalue weighted by molar-refractivity contribution is -0.0385. The van der Waals surface area contributed by atoms with Gasteiger partial charge in [-0.1, -0.05) is 45.2 Å². The minimum absolute atomic E-state index is 0.157. The predicted octanol–water partition coefficient (Wildman–Crippen LogP) is 2.53. The van der Waals surface area contributed by atoms with Crippen molar-refractivity contribution >= 4 is 6.03 Å². The van der Waals surface area contributed by atoms with Crippen molar-refractivity contribution in [3.63, 3.8) is 0 Å². The van der Waals surface area contributed by atoms with Gasteiger partial charge in [0.25, 0.3) is 0 Å². The molecule has 0 aromatic heterocycles. The molecule has 0 bridgehead atoms. The Bertz CT molecular complexity index is 413. The van der Waals surface area contributed by atoms with Gasteiger partial charge >= 0.3 is 6.03 Å². The lowest BCUT2D eigenvalue weighted by atomic mass is 9.78. The molecule has 0 radical (unpaired) electrons. The van der Waals surface area contributed by atoms with E-state index in [1.807, 2.05) is 13.8 Å². The molecule has 20 heavy (non-hydrogen) atoms. The molecule has 1 aliphatic carbocycles. The van der Waals surface area contributed by atoms with Crippen molar-refractivity contribution in [2.24, 2.45) is 5.41 Å². The summed E-state index contributed by atoms with van der Waals surface area (Å²) >= 11 is 0. The first-order valence-corrected chi connectivity index (χ1v) is 7.03. The van der Waals surface area contributed by atoms with E-state index in [2.05, 4.69) is 23.8 Å². The van der Waals surface area contributed by atoms with Crippen molar-refractivity contribution in [2.75, 3.05) is 13.1 Å². The summed E-state index contributed by atoms with van der Waals surface area (Å²) in [5.41, 5.74) is -0.0900. The Balaban J connectivity index is 2.42. The first kappa shape index (κ1) is 16.5. The molecule has 0 saturated heterocycles. The van der Waals surface area contributed by atoms with Gasteiger partial charge in [-0.15, -0.1) is 0 Å². The first-order chi connectivity index (χ1) is 9.34. The standard InChI is InChI=1S/C16H26N2O2/c1-5-8-13(6-2)11-17-14(19)18-12-16(20)10-7-9-15(16,3)4/h5-6,8,20H,1-2,7,9-12H2,3-4H3,(H2,17,18,19)/b13-8+. The minimum Gasteiger partial charge on any atom is -0.387 e. The summed E-state index contributed by atoms with van der Waals surface area (Å²) in [6, 6.07) is -0.280. The molecule has 0 aromatic rings. The van der Waals surface area contributed by atoms with E-state index in [1.54, 1.807) is 18.2 Å². The molecule has 0 heterocycles. The van der Waals surface area contributed by atoms with Gasteiger partial charge in [0.05, 0.1) is 5.60 Å². The quantitative estimate of drug-likeness (QED) is 0.654. The number of amides is 2. The van der Waals surface area contributed by atoms with Crippen LogP contribution in [0.2, 0.25) is 0 Å². The third kappa shape index (κ3) is 3.97. The third-order valence-corrected chi connectivity index (χ3v) is 4.24.